The maximum atomic E-state index is 6.49. The molecule has 0 amide bonds. The molecule has 7 rings (SSSR count). The van der Waals surface area contributed by atoms with Gasteiger partial charge < -0.3 is 0 Å². The Labute approximate surface area is 265 Å². The van der Waals surface area contributed by atoms with Crippen molar-refractivity contribution in [3.05, 3.63) is 109 Å². The molecule has 0 spiro atoms. The molecule has 222 valence electrons. The minimum atomic E-state index is -1.89. The lowest BCUT2D eigenvalue weighted by molar-refractivity contribution is 0.333. The third-order valence-electron chi connectivity index (χ3n) is 11.1. The standard InChI is InChI=1S/C40H46NPS/c43-35-26-24-34(25-27-35)40(28-11-4-12-29-40)42(30-14-23-38(42)33-19-9-3-10-20-33)41-39-36(31-15-5-1-6-16-31)21-13-22-37(39)32-17-7-2-8-18-32/h1-2,5-8,13,15-18,21-22,24-27,33,38,43H,3-4,9-12,14,19-20,23,28-30H2. The average Bonchev–Trinajstić information content (AvgIpc) is 3.52. The highest BCUT2D eigenvalue weighted by atomic mass is 32.1. The summed E-state index contributed by atoms with van der Waals surface area (Å²) < 4.78 is 6.49. The molecule has 1 saturated heterocycles. The van der Waals surface area contributed by atoms with Crippen molar-refractivity contribution in [2.24, 2.45) is 10.7 Å². The van der Waals surface area contributed by atoms with Crippen molar-refractivity contribution in [1.29, 1.82) is 0 Å². The summed E-state index contributed by atoms with van der Waals surface area (Å²) in [5.41, 5.74) is 8.70. The first kappa shape index (κ1) is 29.2. The Balaban J connectivity index is 1.55. The van der Waals surface area contributed by atoms with Crippen molar-refractivity contribution in [2.45, 2.75) is 92.8 Å². The van der Waals surface area contributed by atoms with Gasteiger partial charge in [0.1, 0.15) is 0 Å². The van der Waals surface area contributed by atoms with Gasteiger partial charge in [0.15, 0.2) is 0 Å². The van der Waals surface area contributed by atoms with Gasteiger partial charge in [0, 0.05) is 21.2 Å². The summed E-state index contributed by atoms with van der Waals surface area (Å²) in [5, 5.41) is 0.156. The Kier molecular flexibility index (Phi) is 8.71. The molecule has 4 aromatic rings. The van der Waals surface area contributed by atoms with Gasteiger partial charge in [-0.2, -0.15) is 0 Å². The number of rotatable bonds is 6. The minimum Gasteiger partial charge on any atom is -0.265 e. The van der Waals surface area contributed by atoms with E-state index in [1.807, 2.05) is 0 Å². The molecule has 1 nitrogen and oxygen atoms in total. The zero-order chi connectivity index (χ0) is 29.1. The van der Waals surface area contributed by atoms with Gasteiger partial charge in [0.2, 0.25) is 0 Å². The number of thiol groups is 1. The van der Waals surface area contributed by atoms with Crippen molar-refractivity contribution in [3.8, 4) is 22.3 Å². The molecule has 0 bridgehead atoms. The lowest BCUT2D eigenvalue weighted by Gasteiger charge is -2.51. The van der Waals surface area contributed by atoms with E-state index in [-0.39, 0.29) is 5.16 Å². The predicted octanol–water partition coefficient (Wildman–Crippen LogP) is 12.7. The molecule has 1 heterocycles. The molecule has 1 aliphatic heterocycles. The van der Waals surface area contributed by atoms with Crippen LogP contribution in [0.15, 0.2) is 113 Å². The second kappa shape index (κ2) is 12.8. The van der Waals surface area contributed by atoms with Gasteiger partial charge in [0.05, 0.1) is 5.69 Å². The molecule has 2 unspecified atom stereocenters. The monoisotopic (exact) mass is 603 g/mol. The molecule has 3 heteroatoms. The summed E-state index contributed by atoms with van der Waals surface area (Å²) in [6, 6.07) is 38.5. The molecule has 2 atom stereocenters. The SMILES string of the molecule is Sc1ccc(C2(P3(=Nc4c(-c5ccccc5)cccc4-c4ccccc4)CCCC3C3CCCCC3)CCCCC2)cc1. The van der Waals surface area contributed by atoms with Gasteiger partial charge in [-0.1, -0.05) is 130 Å². The van der Waals surface area contributed by atoms with Crippen molar-refractivity contribution in [3.63, 3.8) is 0 Å². The molecule has 0 radical (unpaired) electrons. The quantitative estimate of drug-likeness (QED) is 0.166. The highest BCUT2D eigenvalue weighted by Gasteiger charge is 2.54. The van der Waals surface area contributed by atoms with E-state index in [1.165, 1.54) is 111 Å². The highest BCUT2D eigenvalue weighted by molar-refractivity contribution is 7.80. The first-order valence-corrected chi connectivity index (χ1v) is 19.3. The Morgan fingerprint density at radius 3 is 1.77 bits per heavy atom. The van der Waals surface area contributed by atoms with Crippen LogP contribution in [0.4, 0.5) is 5.69 Å². The normalized spacial score (nSPS) is 24.1. The van der Waals surface area contributed by atoms with Crippen LogP contribution >= 0.6 is 19.7 Å². The van der Waals surface area contributed by atoms with E-state index in [4.69, 9.17) is 17.4 Å². The molecule has 43 heavy (non-hydrogen) atoms. The fourth-order valence-electron chi connectivity index (χ4n) is 9.11. The summed E-state index contributed by atoms with van der Waals surface area (Å²) in [6.45, 7) is 0. The third-order valence-corrected chi connectivity index (χ3v) is 16.9. The topological polar surface area (TPSA) is 12.4 Å². The smallest absolute Gasteiger partial charge is 0.0770 e. The van der Waals surface area contributed by atoms with Gasteiger partial charge in [0.25, 0.3) is 0 Å². The van der Waals surface area contributed by atoms with E-state index in [1.54, 1.807) is 5.56 Å². The molecular formula is C40H46NPS. The van der Waals surface area contributed by atoms with Crippen molar-refractivity contribution in [1.82, 2.24) is 0 Å². The molecule has 0 N–H and O–H groups in total. The van der Waals surface area contributed by atoms with Crippen molar-refractivity contribution >= 4 is 25.4 Å². The van der Waals surface area contributed by atoms with Crippen LogP contribution in [0.5, 0.6) is 0 Å². The first-order valence-electron chi connectivity index (χ1n) is 16.8. The number of hydrogen-bond donors (Lipinski definition) is 1. The number of hydrogen-bond acceptors (Lipinski definition) is 2. The lowest BCUT2D eigenvalue weighted by Crippen LogP contribution is -2.35. The van der Waals surface area contributed by atoms with Crippen LogP contribution in [-0.2, 0) is 5.16 Å². The second-order valence-electron chi connectivity index (χ2n) is 13.3. The van der Waals surface area contributed by atoms with Crippen LogP contribution in [0, 0.1) is 5.92 Å². The van der Waals surface area contributed by atoms with E-state index in [2.05, 4.69) is 103 Å². The van der Waals surface area contributed by atoms with Crippen LogP contribution in [0.2, 0.25) is 0 Å². The third kappa shape index (κ3) is 5.49. The largest absolute Gasteiger partial charge is 0.265 e. The van der Waals surface area contributed by atoms with Crippen LogP contribution < -0.4 is 0 Å². The lowest BCUT2D eigenvalue weighted by atomic mass is 9.83. The Morgan fingerprint density at radius 2 is 1.16 bits per heavy atom. The van der Waals surface area contributed by atoms with Crippen LogP contribution in [-0.4, -0.2) is 11.8 Å². The van der Waals surface area contributed by atoms with E-state index >= 15 is 0 Å². The Morgan fingerprint density at radius 1 is 0.581 bits per heavy atom. The van der Waals surface area contributed by atoms with E-state index in [0.717, 1.165) is 16.5 Å². The minimum absolute atomic E-state index is 0.156. The van der Waals surface area contributed by atoms with E-state index in [0.29, 0.717) is 0 Å². The number of nitrogens with zero attached hydrogens (tertiary/aromatic N) is 1. The van der Waals surface area contributed by atoms with Gasteiger partial charge in [-0.05, 0) is 92.1 Å². The molecule has 2 aliphatic carbocycles. The van der Waals surface area contributed by atoms with Crippen molar-refractivity contribution in [2.75, 3.05) is 6.16 Å². The molecule has 3 aliphatic rings. The van der Waals surface area contributed by atoms with Gasteiger partial charge >= 0.3 is 0 Å². The summed E-state index contributed by atoms with van der Waals surface area (Å²) in [4.78, 5) is 1.06. The maximum absolute atomic E-state index is 6.49. The summed E-state index contributed by atoms with van der Waals surface area (Å²) in [7, 11) is -1.89. The molecule has 4 aromatic carbocycles. The second-order valence-corrected chi connectivity index (χ2v) is 17.7. The Hall–Kier alpha value is -2.54. The van der Waals surface area contributed by atoms with Gasteiger partial charge in [-0.3, -0.25) is 4.74 Å². The average molecular weight is 604 g/mol. The maximum Gasteiger partial charge on any atom is 0.0770 e. The van der Waals surface area contributed by atoms with Crippen molar-refractivity contribution < 1.29 is 0 Å². The van der Waals surface area contributed by atoms with E-state index < -0.39 is 7.05 Å². The summed E-state index contributed by atoms with van der Waals surface area (Å²) >= 11 is 4.73. The highest BCUT2D eigenvalue weighted by Crippen LogP contribution is 2.79. The molecular weight excluding hydrogens is 557 g/mol. The Bertz CT molecular complexity index is 1510. The van der Waals surface area contributed by atoms with E-state index in [9.17, 15) is 0 Å². The van der Waals surface area contributed by atoms with Crippen LogP contribution in [0.3, 0.4) is 0 Å². The summed E-state index contributed by atoms with van der Waals surface area (Å²) in [6.07, 6.45) is 17.6. The van der Waals surface area contributed by atoms with Gasteiger partial charge in [-0.15, -0.1) is 12.6 Å². The summed E-state index contributed by atoms with van der Waals surface area (Å²) in [5.74, 6) is 0.820. The molecule has 3 fully saturated rings. The van der Waals surface area contributed by atoms with Crippen LogP contribution in [0.1, 0.15) is 82.6 Å². The molecule has 0 aromatic heterocycles. The fourth-order valence-corrected chi connectivity index (χ4v) is 15.6. The number of benzene rings is 4. The molecule has 2 saturated carbocycles. The zero-order valence-electron chi connectivity index (χ0n) is 25.5. The predicted molar refractivity (Wildman–Crippen MR) is 189 cm³/mol. The first-order chi connectivity index (χ1) is 21.2. The van der Waals surface area contributed by atoms with Gasteiger partial charge in [-0.25, -0.2) is 0 Å². The van der Waals surface area contributed by atoms with Crippen LogP contribution in [0.25, 0.3) is 22.3 Å². The zero-order valence-corrected chi connectivity index (χ0v) is 27.3. The fraction of sp³-hybridized carbons (Fsp3) is 0.400.